The van der Waals surface area contributed by atoms with E-state index in [0.717, 1.165) is 6.26 Å². The molecule has 0 heterocycles. The molecule has 1 aromatic rings. The standard InChI is InChI=1S/C10H11NO4S/c1-16(14,15)11-10(13)7-9(12)8-5-3-2-4-6-8/h2-6H,7H2,1H3,(H,11,13). The second-order valence-electron chi connectivity index (χ2n) is 3.26. The van der Waals surface area contributed by atoms with Gasteiger partial charge in [0.2, 0.25) is 15.9 Å². The second-order valence-corrected chi connectivity index (χ2v) is 5.01. The van der Waals surface area contributed by atoms with Crippen LogP contribution in [0, 0.1) is 0 Å². The van der Waals surface area contributed by atoms with Gasteiger partial charge in [-0.05, 0) is 0 Å². The average molecular weight is 241 g/mol. The number of benzene rings is 1. The van der Waals surface area contributed by atoms with Crippen LogP contribution in [0.25, 0.3) is 0 Å². The Morgan fingerprint density at radius 2 is 1.75 bits per heavy atom. The van der Waals surface area contributed by atoms with Crippen molar-refractivity contribution < 1.29 is 18.0 Å². The van der Waals surface area contributed by atoms with Crippen LogP contribution in [-0.4, -0.2) is 26.4 Å². The number of sulfonamides is 1. The van der Waals surface area contributed by atoms with Gasteiger partial charge in [-0.15, -0.1) is 0 Å². The fourth-order valence-corrected chi connectivity index (χ4v) is 1.60. The number of hydrogen-bond donors (Lipinski definition) is 1. The summed E-state index contributed by atoms with van der Waals surface area (Å²) in [5.74, 6) is -1.24. The predicted molar refractivity (Wildman–Crippen MR) is 58.4 cm³/mol. The van der Waals surface area contributed by atoms with Crippen LogP contribution < -0.4 is 4.72 Å². The maximum atomic E-state index is 11.5. The molecule has 0 aliphatic carbocycles. The van der Waals surface area contributed by atoms with Gasteiger partial charge >= 0.3 is 0 Å². The second kappa shape index (κ2) is 4.89. The van der Waals surface area contributed by atoms with Crippen LogP contribution in [0.3, 0.4) is 0 Å². The van der Waals surface area contributed by atoms with E-state index in [1.165, 1.54) is 0 Å². The zero-order chi connectivity index (χ0) is 12.2. The molecule has 0 unspecified atom stereocenters. The lowest BCUT2D eigenvalue weighted by Gasteiger charge is -2.01. The summed E-state index contributed by atoms with van der Waals surface area (Å²) in [7, 11) is -3.60. The van der Waals surface area contributed by atoms with Crippen molar-refractivity contribution in [2.45, 2.75) is 6.42 Å². The van der Waals surface area contributed by atoms with E-state index in [2.05, 4.69) is 0 Å². The first-order valence-electron chi connectivity index (χ1n) is 4.47. The molecule has 0 saturated carbocycles. The molecule has 0 atom stereocenters. The van der Waals surface area contributed by atoms with Crippen LogP contribution >= 0.6 is 0 Å². The molecule has 6 heteroatoms. The summed E-state index contributed by atoms with van der Waals surface area (Å²) in [6, 6.07) is 8.21. The van der Waals surface area contributed by atoms with Crippen molar-refractivity contribution in [3.05, 3.63) is 35.9 Å². The topological polar surface area (TPSA) is 80.3 Å². The van der Waals surface area contributed by atoms with Crippen LogP contribution in [-0.2, 0) is 14.8 Å². The number of nitrogens with one attached hydrogen (secondary N) is 1. The van der Waals surface area contributed by atoms with E-state index in [4.69, 9.17) is 0 Å². The summed E-state index contributed by atoms with van der Waals surface area (Å²) >= 11 is 0. The number of amides is 1. The van der Waals surface area contributed by atoms with Gasteiger partial charge in [0.05, 0.1) is 12.7 Å². The Bertz CT molecular complexity index is 493. The Hall–Kier alpha value is -1.69. The Morgan fingerprint density at radius 3 is 2.25 bits per heavy atom. The van der Waals surface area contributed by atoms with Crippen molar-refractivity contribution in [3.8, 4) is 0 Å². The van der Waals surface area contributed by atoms with Gasteiger partial charge in [0.25, 0.3) is 0 Å². The molecule has 1 amide bonds. The Labute approximate surface area is 93.5 Å². The predicted octanol–water partition coefficient (Wildman–Crippen LogP) is 0.335. The summed E-state index contributed by atoms with van der Waals surface area (Å²) in [6.07, 6.45) is 0.384. The molecule has 0 aliphatic rings. The summed E-state index contributed by atoms with van der Waals surface area (Å²) in [5.41, 5.74) is 0.381. The zero-order valence-corrected chi connectivity index (χ0v) is 9.45. The molecule has 0 fully saturated rings. The van der Waals surface area contributed by atoms with Crippen molar-refractivity contribution in [1.29, 1.82) is 0 Å². The zero-order valence-electron chi connectivity index (χ0n) is 8.64. The number of carbonyl (C=O) groups is 2. The van der Waals surface area contributed by atoms with Crippen LogP contribution in [0.1, 0.15) is 16.8 Å². The van der Waals surface area contributed by atoms with Crippen molar-refractivity contribution in [2.75, 3.05) is 6.26 Å². The van der Waals surface area contributed by atoms with Crippen LogP contribution in [0.2, 0.25) is 0 Å². The molecule has 5 nitrogen and oxygen atoms in total. The van der Waals surface area contributed by atoms with Gasteiger partial charge in [-0.3, -0.25) is 14.3 Å². The summed E-state index contributed by atoms with van der Waals surface area (Å²) < 4.78 is 23.2. The minimum Gasteiger partial charge on any atom is -0.294 e. The molecule has 1 N–H and O–H groups in total. The highest BCUT2D eigenvalue weighted by Crippen LogP contribution is 2.02. The molecule has 0 aromatic heterocycles. The number of carbonyl (C=O) groups excluding carboxylic acids is 2. The molecular weight excluding hydrogens is 230 g/mol. The lowest BCUT2D eigenvalue weighted by atomic mass is 10.1. The quantitative estimate of drug-likeness (QED) is 0.608. The Morgan fingerprint density at radius 1 is 1.19 bits per heavy atom. The van der Waals surface area contributed by atoms with Crippen molar-refractivity contribution in [3.63, 3.8) is 0 Å². The first-order valence-corrected chi connectivity index (χ1v) is 6.36. The molecule has 0 spiro atoms. The minimum atomic E-state index is -3.60. The van der Waals surface area contributed by atoms with Crippen LogP contribution in [0.15, 0.2) is 30.3 Å². The van der Waals surface area contributed by atoms with E-state index in [9.17, 15) is 18.0 Å². The fourth-order valence-electron chi connectivity index (χ4n) is 1.11. The monoisotopic (exact) mass is 241 g/mol. The molecule has 1 rings (SSSR count). The lowest BCUT2D eigenvalue weighted by Crippen LogP contribution is -2.30. The molecular formula is C10H11NO4S. The van der Waals surface area contributed by atoms with Crippen molar-refractivity contribution >= 4 is 21.7 Å². The summed E-state index contributed by atoms with van der Waals surface area (Å²) in [5, 5.41) is 0. The van der Waals surface area contributed by atoms with Gasteiger partial charge < -0.3 is 0 Å². The maximum absolute atomic E-state index is 11.5. The number of ketones is 1. The Balaban J connectivity index is 2.63. The van der Waals surface area contributed by atoms with Crippen molar-refractivity contribution in [2.24, 2.45) is 0 Å². The highest BCUT2D eigenvalue weighted by atomic mass is 32.2. The molecule has 86 valence electrons. The fraction of sp³-hybridized carbons (Fsp3) is 0.200. The van der Waals surface area contributed by atoms with Crippen LogP contribution in [0.4, 0.5) is 0 Å². The maximum Gasteiger partial charge on any atom is 0.241 e. The number of hydrogen-bond acceptors (Lipinski definition) is 4. The van der Waals surface area contributed by atoms with E-state index in [1.807, 2.05) is 0 Å². The van der Waals surface area contributed by atoms with Gasteiger partial charge in [-0.25, -0.2) is 8.42 Å². The van der Waals surface area contributed by atoms with Crippen molar-refractivity contribution in [1.82, 2.24) is 4.72 Å². The lowest BCUT2D eigenvalue weighted by molar-refractivity contribution is -0.118. The molecule has 16 heavy (non-hydrogen) atoms. The highest BCUT2D eigenvalue weighted by Gasteiger charge is 2.14. The molecule has 1 aromatic carbocycles. The van der Waals surface area contributed by atoms with Gasteiger partial charge in [0.1, 0.15) is 0 Å². The van der Waals surface area contributed by atoms with Crippen LogP contribution in [0.5, 0.6) is 0 Å². The Kier molecular flexibility index (Phi) is 3.78. The molecule has 0 radical (unpaired) electrons. The average Bonchev–Trinajstić information content (AvgIpc) is 2.16. The van der Waals surface area contributed by atoms with Gasteiger partial charge in [0, 0.05) is 5.56 Å². The number of rotatable bonds is 4. The molecule has 0 bridgehead atoms. The third-order valence-electron chi connectivity index (χ3n) is 1.72. The van der Waals surface area contributed by atoms with E-state index >= 15 is 0 Å². The van der Waals surface area contributed by atoms with Gasteiger partial charge in [-0.2, -0.15) is 0 Å². The van der Waals surface area contributed by atoms with E-state index in [1.54, 1.807) is 35.1 Å². The number of Topliss-reactive ketones (excluding diaryl/α,β-unsaturated/α-hetero) is 1. The minimum absolute atomic E-state index is 0.381. The van der Waals surface area contributed by atoms with E-state index in [-0.39, 0.29) is 0 Å². The summed E-state index contributed by atoms with van der Waals surface area (Å²) in [6.45, 7) is 0. The third-order valence-corrected chi connectivity index (χ3v) is 2.31. The van der Waals surface area contributed by atoms with E-state index < -0.39 is 28.1 Å². The van der Waals surface area contributed by atoms with Gasteiger partial charge in [-0.1, -0.05) is 30.3 Å². The third kappa shape index (κ3) is 4.22. The van der Waals surface area contributed by atoms with Gasteiger partial charge in [0.15, 0.2) is 5.78 Å². The highest BCUT2D eigenvalue weighted by molar-refractivity contribution is 7.89. The molecule has 0 aliphatic heterocycles. The smallest absolute Gasteiger partial charge is 0.241 e. The first kappa shape index (κ1) is 12.4. The van der Waals surface area contributed by atoms with E-state index in [0.29, 0.717) is 5.56 Å². The first-order chi connectivity index (χ1) is 7.38. The normalized spacial score (nSPS) is 10.8. The SMILES string of the molecule is CS(=O)(=O)NC(=O)CC(=O)c1ccccc1. The largest absolute Gasteiger partial charge is 0.294 e. The summed E-state index contributed by atoms with van der Waals surface area (Å²) in [4.78, 5) is 22.6. The molecule has 0 saturated heterocycles.